The van der Waals surface area contributed by atoms with Crippen LogP contribution in [0.2, 0.25) is 0 Å². The van der Waals surface area contributed by atoms with Crippen molar-refractivity contribution < 1.29 is 14.3 Å². The highest BCUT2D eigenvalue weighted by atomic mass is 16.5. The maximum atomic E-state index is 12.6. The smallest absolute Gasteiger partial charge is 0.254 e. The zero-order valence-electron chi connectivity index (χ0n) is 11.5. The van der Waals surface area contributed by atoms with Crippen molar-refractivity contribution in [2.45, 2.75) is 6.04 Å². The lowest BCUT2D eigenvalue weighted by Crippen LogP contribution is -2.54. The molecule has 1 unspecified atom stereocenters. The van der Waals surface area contributed by atoms with Crippen LogP contribution < -0.4 is 5.73 Å². The zero-order valence-corrected chi connectivity index (χ0v) is 11.5. The third-order valence-corrected chi connectivity index (χ3v) is 3.71. The summed E-state index contributed by atoms with van der Waals surface area (Å²) in [5.41, 5.74) is 5.91. The first-order valence-electron chi connectivity index (χ1n) is 6.83. The number of carbonyl (C=O) groups excluding carboxylic acids is 2. The van der Waals surface area contributed by atoms with Crippen molar-refractivity contribution in [2.24, 2.45) is 5.73 Å². The van der Waals surface area contributed by atoms with Crippen LogP contribution in [0.5, 0.6) is 0 Å². The lowest BCUT2D eigenvalue weighted by atomic mass is 10.1. The summed E-state index contributed by atoms with van der Waals surface area (Å²) < 4.78 is 5.24. The first-order chi connectivity index (χ1) is 10.2. The topological polar surface area (TPSA) is 72.6 Å². The summed E-state index contributed by atoms with van der Waals surface area (Å²) in [6.45, 7) is 0.955. The van der Waals surface area contributed by atoms with Crippen LogP contribution in [0.25, 0.3) is 10.8 Å². The van der Waals surface area contributed by atoms with Crippen molar-refractivity contribution in [1.29, 1.82) is 0 Å². The van der Waals surface area contributed by atoms with E-state index in [9.17, 15) is 9.59 Å². The molecule has 108 valence electrons. The molecule has 1 saturated heterocycles. The molecule has 1 atom stereocenters. The minimum atomic E-state index is -0.697. The highest BCUT2D eigenvalue weighted by Crippen LogP contribution is 2.18. The number of morpholine rings is 1. The van der Waals surface area contributed by atoms with Gasteiger partial charge in [0.05, 0.1) is 13.2 Å². The molecule has 0 aromatic heterocycles. The van der Waals surface area contributed by atoms with Gasteiger partial charge in [-0.25, -0.2) is 0 Å². The van der Waals surface area contributed by atoms with Gasteiger partial charge in [-0.1, -0.05) is 30.3 Å². The van der Waals surface area contributed by atoms with Crippen LogP contribution in [0.15, 0.2) is 42.5 Å². The highest BCUT2D eigenvalue weighted by molar-refractivity contribution is 6.00. The van der Waals surface area contributed by atoms with Crippen LogP contribution in [0.1, 0.15) is 10.4 Å². The van der Waals surface area contributed by atoms with Crippen molar-refractivity contribution >= 4 is 22.6 Å². The molecular weight excluding hydrogens is 268 g/mol. The molecule has 5 heteroatoms. The van der Waals surface area contributed by atoms with Crippen molar-refractivity contribution in [3.8, 4) is 0 Å². The Morgan fingerprint density at radius 1 is 1.14 bits per heavy atom. The summed E-state index contributed by atoms with van der Waals surface area (Å²) in [6, 6.07) is 12.7. The van der Waals surface area contributed by atoms with Gasteiger partial charge in [0.25, 0.3) is 5.91 Å². The second-order valence-corrected chi connectivity index (χ2v) is 5.05. The lowest BCUT2D eigenvalue weighted by molar-refractivity contribution is -0.127. The molecule has 5 nitrogen and oxygen atoms in total. The average molecular weight is 284 g/mol. The summed E-state index contributed by atoms with van der Waals surface area (Å²) in [5.74, 6) is -0.725. The number of fused-ring (bicyclic) bond motifs is 1. The Kier molecular flexibility index (Phi) is 3.58. The minimum absolute atomic E-state index is 0.161. The summed E-state index contributed by atoms with van der Waals surface area (Å²) in [4.78, 5) is 25.6. The largest absolute Gasteiger partial charge is 0.377 e. The van der Waals surface area contributed by atoms with Crippen molar-refractivity contribution in [3.63, 3.8) is 0 Å². The van der Waals surface area contributed by atoms with Crippen LogP contribution in [0.4, 0.5) is 0 Å². The van der Waals surface area contributed by atoms with Gasteiger partial charge in [-0.3, -0.25) is 9.59 Å². The third-order valence-electron chi connectivity index (χ3n) is 3.71. The van der Waals surface area contributed by atoms with Gasteiger partial charge in [0, 0.05) is 12.1 Å². The van der Waals surface area contributed by atoms with Crippen molar-refractivity contribution in [2.75, 3.05) is 19.8 Å². The third kappa shape index (κ3) is 2.60. The van der Waals surface area contributed by atoms with Crippen LogP contribution in [-0.2, 0) is 9.53 Å². The molecule has 1 aliphatic heterocycles. The molecule has 0 spiro atoms. The van der Waals surface area contributed by atoms with Gasteiger partial charge >= 0.3 is 0 Å². The van der Waals surface area contributed by atoms with Gasteiger partial charge in [-0.2, -0.15) is 0 Å². The fourth-order valence-electron chi connectivity index (χ4n) is 2.57. The van der Waals surface area contributed by atoms with Gasteiger partial charge in [0.1, 0.15) is 6.04 Å². The van der Waals surface area contributed by atoms with Crippen molar-refractivity contribution in [3.05, 3.63) is 48.0 Å². The highest BCUT2D eigenvalue weighted by Gasteiger charge is 2.31. The number of hydrogen-bond acceptors (Lipinski definition) is 3. The quantitative estimate of drug-likeness (QED) is 0.899. The second-order valence-electron chi connectivity index (χ2n) is 5.05. The van der Waals surface area contributed by atoms with Crippen LogP contribution in [0.3, 0.4) is 0 Å². The minimum Gasteiger partial charge on any atom is -0.377 e. The van der Waals surface area contributed by atoms with Crippen LogP contribution in [0, 0.1) is 0 Å². The predicted molar refractivity (Wildman–Crippen MR) is 78.8 cm³/mol. The number of hydrogen-bond donors (Lipinski definition) is 1. The number of rotatable bonds is 2. The lowest BCUT2D eigenvalue weighted by Gasteiger charge is -2.33. The summed E-state index contributed by atoms with van der Waals surface area (Å²) in [5, 5.41) is 2.06. The predicted octanol–water partition coefficient (Wildman–Crippen LogP) is 1.17. The molecule has 0 bridgehead atoms. The first-order valence-corrected chi connectivity index (χ1v) is 6.83. The Labute approximate surface area is 122 Å². The Balaban J connectivity index is 1.93. The zero-order chi connectivity index (χ0) is 14.8. The van der Waals surface area contributed by atoms with E-state index in [4.69, 9.17) is 10.5 Å². The summed E-state index contributed by atoms with van der Waals surface area (Å²) in [7, 11) is 0. The molecule has 21 heavy (non-hydrogen) atoms. The monoisotopic (exact) mass is 284 g/mol. The first kappa shape index (κ1) is 13.6. The maximum absolute atomic E-state index is 12.6. The molecule has 3 rings (SSSR count). The Morgan fingerprint density at radius 2 is 1.90 bits per heavy atom. The molecule has 0 saturated carbocycles. The molecule has 0 aliphatic carbocycles. The molecule has 1 heterocycles. The van der Waals surface area contributed by atoms with E-state index in [-0.39, 0.29) is 12.5 Å². The van der Waals surface area contributed by atoms with Crippen molar-refractivity contribution in [1.82, 2.24) is 4.90 Å². The fraction of sp³-hybridized carbons (Fsp3) is 0.250. The number of carbonyl (C=O) groups is 2. The number of benzene rings is 2. The fourth-order valence-corrected chi connectivity index (χ4v) is 2.57. The van der Waals surface area contributed by atoms with Gasteiger partial charge < -0.3 is 15.4 Å². The van der Waals surface area contributed by atoms with Gasteiger partial charge in [-0.05, 0) is 22.9 Å². The summed E-state index contributed by atoms with van der Waals surface area (Å²) in [6.07, 6.45) is 0. The van der Waals surface area contributed by atoms with Crippen LogP contribution in [-0.4, -0.2) is 42.5 Å². The number of nitrogens with two attached hydrogens (primary N) is 1. The van der Waals surface area contributed by atoms with E-state index in [1.165, 1.54) is 4.90 Å². The van der Waals surface area contributed by atoms with E-state index in [1.54, 1.807) is 6.07 Å². The van der Waals surface area contributed by atoms with E-state index in [2.05, 4.69) is 0 Å². The van der Waals surface area contributed by atoms with E-state index < -0.39 is 11.9 Å². The SMILES string of the molecule is NC(=O)C1COCCN1C(=O)c1ccc2ccccc2c1. The molecule has 2 N–H and O–H groups in total. The number of nitrogens with zero attached hydrogens (tertiary/aromatic N) is 1. The number of amides is 2. The van der Waals surface area contributed by atoms with Crippen LogP contribution >= 0.6 is 0 Å². The van der Waals surface area contributed by atoms with Gasteiger partial charge in [0.2, 0.25) is 5.91 Å². The van der Waals surface area contributed by atoms with E-state index >= 15 is 0 Å². The molecule has 0 radical (unpaired) electrons. The molecule has 1 fully saturated rings. The Hall–Kier alpha value is -2.40. The molecule has 2 aromatic rings. The van der Waals surface area contributed by atoms with E-state index in [0.29, 0.717) is 18.7 Å². The molecule has 1 aliphatic rings. The molecule has 2 aromatic carbocycles. The maximum Gasteiger partial charge on any atom is 0.254 e. The average Bonchev–Trinajstić information content (AvgIpc) is 2.53. The van der Waals surface area contributed by atoms with Gasteiger partial charge in [-0.15, -0.1) is 0 Å². The van der Waals surface area contributed by atoms with Gasteiger partial charge in [0.15, 0.2) is 0 Å². The summed E-state index contributed by atoms with van der Waals surface area (Å²) >= 11 is 0. The van der Waals surface area contributed by atoms with E-state index in [1.807, 2.05) is 36.4 Å². The number of primary amides is 1. The second kappa shape index (κ2) is 5.54. The normalized spacial score (nSPS) is 18.7. The Bertz CT molecular complexity index is 699. The number of ether oxygens (including phenoxy) is 1. The molecule has 2 amide bonds. The Morgan fingerprint density at radius 3 is 2.67 bits per heavy atom. The van der Waals surface area contributed by atoms with E-state index in [0.717, 1.165) is 10.8 Å². The molecular formula is C16H16N2O3. The standard InChI is InChI=1S/C16H16N2O3/c17-15(19)14-10-21-8-7-18(14)16(20)13-6-5-11-3-1-2-4-12(11)9-13/h1-6,9,14H,7-8,10H2,(H2,17,19).